The zero-order chi connectivity index (χ0) is 13.9. The summed E-state index contributed by atoms with van der Waals surface area (Å²) in [6.07, 6.45) is 5.57. The van der Waals surface area contributed by atoms with E-state index in [1.807, 2.05) is 0 Å². The van der Waals surface area contributed by atoms with Crippen LogP contribution in [0.25, 0.3) is 0 Å². The van der Waals surface area contributed by atoms with Gasteiger partial charge in [-0.25, -0.2) is 4.79 Å². The number of piperidine rings is 1. The SMILES string of the molecule is O=C(O)C1CCCN(C(=O)NC2C3C4CCC(C4)C23)C1. The molecule has 5 nitrogen and oxygen atoms in total. The van der Waals surface area contributed by atoms with E-state index in [2.05, 4.69) is 5.32 Å². The van der Waals surface area contributed by atoms with Gasteiger partial charge >= 0.3 is 12.0 Å². The summed E-state index contributed by atoms with van der Waals surface area (Å²) in [7, 11) is 0. The fourth-order valence-electron chi connectivity index (χ4n) is 5.12. The van der Waals surface area contributed by atoms with Crippen molar-refractivity contribution < 1.29 is 14.7 Å². The quantitative estimate of drug-likeness (QED) is 0.805. The van der Waals surface area contributed by atoms with Crippen molar-refractivity contribution in [1.82, 2.24) is 10.2 Å². The zero-order valence-corrected chi connectivity index (χ0v) is 11.6. The predicted octanol–water partition coefficient (Wildman–Crippen LogP) is 1.54. The molecule has 2 bridgehead atoms. The Hall–Kier alpha value is -1.26. The Morgan fingerprint density at radius 1 is 1.10 bits per heavy atom. The fraction of sp³-hybridized carbons (Fsp3) is 0.867. The van der Waals surface area contributed by atoms with Crippen molar-refractivity contribution in [3.63, 3.8) is 0 Å². The number of amides is 2. The monoisotopic (exact) mass is 278 g/mol. The lowest BCUT2D eigenvalue weighted by Gasteiger charge is -2.31. The highest BCUT2D eigenvalue weighted by Crippen LogP contribution is 2.65. The summed E-state index contributed by atoms with van der Waals surface area (Å²) in [5, 5.41) is 12.3. The van der Waals surface area contributed by atoms with Crippen LogP contribution in [-0.2, 0) is 4.79 Å². The summed E-state index contributed by atoms with van der Waals surface area (Å²) in [4.78, 5) is 25.1. The number of rotatable bonds is 2. The number of carboxylic acids is 1. The molecule has 3 aliphatic carbocycles. The number of hydrogen-bond donors (Lipinski definition) is 2. The van der Waals surface area contributed by atoms with Gasteiger partial charge in [-0.05, 0) is 55.8 Å². The first-order valence-corrected chi connectivity index (χ1v) is 7.93. The van der Waals surface area contributed by atoms with Crippen LogP contribution in [0.3, 0.4) is 0 Å². The van der Waals surface area contributed by atoms with E-state index in [-0.39, 0.29) is 11.9 Å². The Morgan fingerprint density at radius 2 is 1.80 bits per heavy atom. The van der Waals surface area contributed by atoms with E-state index in [9.17, 15) is 9.59 Å². The van der Waals surface area contributed by atoms with Gasteiger partial charge in [-0.3, -0.25) is 4.79 Å². The van der Waals surface area contributed by atoms with Crippen LogP contribution in [0.15, 0.2) is 0 Å². The van der Waals surface area contributed by atoms with Gasteiger partial charge in [0.15, 0.2) is 0 Å². The van der Waals surface area contributed by atoms with E-state index in [1.54, 1.807) is 4.90 Å². The molecule has 2 amide bonds. The lowest BCUT2D eigenvalue weighted by Crippen LogP contribution is -2.48. The number of carbonyl (C=O) groups excluding carboxylic acids is 1. The Balaban J connectivity index is 1.34. The lowest BCUT2D eigenvalue weighted by atomic mass is 9.99. The minimum atomic E-state index is -0.774. The number of likely N-dealkylation sites (tertiary alicyclic amines) is 1. The van der Waals surface area contributed by atoms with Crippen molar-refractivity contribution in [2.75, 3.05) is 13.1 Å². The van der Waals surface area contributed by atoms with Crippen molar-refractivity contribution in [3.05, 3.63) is 0 Å². The van der Waals surface area contributed by atoms with Crippen LogP contribution in [0, 0.1) is 29.6 Å². The van der Waals surface area contributed by atoms with Crippen LogP contribution in [0.4, 0.5) is 4.79 Å². The van der Waals surface area contributed by atoms with E-state index in [1.165, 1.54) is 19.3 Å². The number of carboxylic acid groups (broad SMARTS) is 1. The number of fused-ring (bicyclic) bond motifs is 5. The average molecular weight is 278 g/mol. The van der Waals surface area contributed by atoms with E-state index < -0.39 is 5.97 Å². The van der Waals surface area contributed by atoms with E-state index in [0.717, 1.165) is 30.1 Å². The van der Waals surface area contributed by atoms with Crippen LogP contribution in [0.1, 0.15) is 32.1 Å². The highest BCUT2D eigenvalue weighted by Gasteiger charge is 2.65. The third-order valence-corrected chi connectivity index (χ3v) is 6.08. The van der Waals surface area contributed by atoms with E-state index in [4.69, 9.17) is 5.11 Å². The molecule has 1 heterocycles. The van der Waals surface area contributed by atoms with Gasteiger partial charge in [0, 0.05) is 19.1 Å². The van der Waals surface area contributed by atoms with Crippen molar-refractivity contribution in [2.24, 2.45) is 29.6 Å². The Labute approximate surface area is 118 Å². The largest absolute Gasteiger partial charge is 0.481 e. The summed E-state index contributed by atoms with van der Waals surface area (Å²) < 4.78 is 0. The third kappa shape index (κ3) is 1.82. The maximum atomic E-state index is 12.3. The molecule has 4 rings (SSSR count). The second-order valence-electron chi connectivity index (χ2n) is 7.09. The third-order valence-electron chi connectivity index (χ3n) is 6.08. The number of urea groups is 1. The molecule has 0 aromatic carbocycles. The van der Waals surface area contributed by atoms with Gasteiger partial charge in [-0.1, -0.05) is 0 Å². The second-order valence-corrected chi connectivity index (χ2v) is 7.09. The van der Waals surface area contributed by atoms with Gasteiger partial charge in [-0.2, -0.15) is 0 Å². The number of nitrogens with one attached hydrogen (secondary N) is 1. The lowest BCUT2D eigenvalue weighted by molar-refractivity contribution is -0.143. The molecule has 0 aromatic heterocycles. The molecule has 4 fully saturated rings. The zero-order valence-electron chi connectivity index (χ0n) is 11.6. The molecule has 0 aromatic rings. The standard InChI is InChI=1S/C15H22N2O3/c18-14(19)10-2-1-5-17(7-10)15(20)16-13-11-8-3-4-9(6-8)12(11)13/h8-13H,1-7H2,(H,16,20)(H,18,19). The molecule has 5 unspecified atom stereocenters. The molecule has 3 saturated carbocycles. The number of aliphatic carboxylic acids is 1. The van der Waals surface area contributed by atoms with Gasteiger partial charge in [0.2, 0.25) is 0 Å². The van der Waals surface area contributed by atoms with Crippen LogP contribution >= 0.6 is 0 Å². The molecular formula is C15H22N2O3. The topological polar surface area (TPSA) is 69.6 Å². The molecule has 5 atom stereocenters. The fourth-order valence-corrected chi connectivity index (χ4v) is 5.12. The van der Waals surface area contributed by atoms with Crippen LogP contribution in [0.2, 0.25) is 0 Å². The Bertz CT molecular complexity index is 436. The highest BCUT2D eigenvalue weighted by atomic mass is 16.4. The van der Waals surface area contributed by atoms with E-state index in [0.29, 0.717) is 25.6 Å². The average Bonchev–Trinajstić information content (AvgIpc) is 2.84. The summed E-state index contributed by atoms with van der Waals surface area (Å²) in [6.45, 7) is 1.07. The van der Waals surface area contributed by atoms with Crippen LogP contribution < -0.4 is 5.32 Å². The van der Waals surface area contributed by atoms with Crippen molar-refractivity contribution in [2.45, 2.75) is 38.1 Å². The number of carbonyl (C=O) groups is 2. The maximum absolute atomic E-state index is 12.3. The van der Waals surface area contributed by atoms with Crippen LogP contribution in [0.5, 0.6) is 0 Å². The number of hydrogen-bond acceptors (Lipinski definition) is 2. The minimum absolute atomic E-state index is 0.0326. The first kappa shape index (κ1) is 12.5. The second kappa shape index (κ2) is 4.37. The summed E-state index contributed by atoms with van der Waals surface area (Å²) >= 11 is 0. The molecule has 5 heteroatoms. The molecule has 1 saturated heterocycles. The van der Waals surface area contributed by atoms with Crippen molar-refractivity contribution >= 4 is 12.0 Å². The van der Waals surface area contributed by atoms with Gasteiger partial charge in [0.1, 0.15) is 0 Å². The molecule has 4 aliphatic rings. The summed E-state index contributed by atoms with van der Waals surface area (Å²) in [6, 6.07) is 0.355. The van der Waals surface area contributed by atoms with Gasteiger partial charge in [-0.15, -0.1) is 0 Å². The molecule has 0 spiro atoms. The normalized spacial score (nSPS) is 45.1. The molecule has 2 N–H and O–H groups in total. The molecule has 0 radical (unpaired) electrons. The first-order chi connectivity index (χ1) is 9.65. The number of nitrogens with zero attached hydrogens (tertiary/aromatic N) is 1. The van der Waals surface area contributed by atoms with Gasteiger partial charge < -0.3 is 15.3 Å². The highest BCUT2D eigenvalue weighted by molar-refractivity contribution is 5.77. The summed E-state index contributed by atoms with van der Waals surface area (Å²) in [5.41, 5.74) is 0. The van der Waals surface area contributed by atoms with Gasteiger partial charge in [0.05, 0.1) is 5.92 Å². The Morgan fingerprint density at radius 3 is 2.45 bits per heavy atom. The van der Waals surface area contributed by atoms with Crippen LogP contribution in [-0.4, -0.2) is 41.1 Å². The van der Waals surface area contributed by atoms with Crippen molar-refractivity contribution in [1.29, 1.82) is 0 Å². The van der Waals surface area contributed by atoms with Gasteiger partial charge in [0.25, 0.3) is 0 Å². The predicted molar refractivity (Wildman–Crippen MR) is 72.1 cm³/mol. The van der Waals surface area contributed by atoms with Crippen molar-refractivity contribution in [3.8, 4) is 0 Å². The summed E-state index contributed by atoms with van der Waals surface area (Å²) in [5.74, 6) is 2.01. The molecule has 110 valence electrons. The molecule has 1 aliphatic heterocycles. The Kier molecular flexibility index (Phi) is 2.72. The molecular weight excluding hydrogens is 256 g/mol. The van der Waals surface area contributed by atoms with E-state index >= 15 is 0 Å². The molecule has 20 heavy (non-hydrogen) atoms. The smallest absolute Gasteiger partial charge is 0.317 e. The maximum Gasteiger partial charge on any atom is 0.317 e. The first-order valence-electron chi connectivity index (χ1n) is 7.93. The minimum Gasteiger partial charge on any atom is -0.481 e.